The highest BCUT2D eigenvalue weighted by Crippen LogP contribution is 2.32. The van der Waals surface area contributed by atoms with Crippen molar-refractivity contribution in [3.8, 4) is 5.75 Å². The lowest BCUT2D eigenvalue weighted by atomic mass is 9.88. The van der Waals surface area contributed by atoms with Crippen molar-refractivity contribution in [2.75, 3.05) is 19.0 Å². The maximum atomic E-state index is 12.3. The molecule has 1 amide bonds. The molecule has 4 nitrogen and oxygen atoms in total. The Hall–Kier alpha value is -1.55. The summed E-state index contributed by atoms with van der Waals surface area (Å²) < 4.78 is 5.34. The molecular formula is C15H24N2O2. The fourth-order valence-corrected chi connectivity index (χ4v) is 2.01. The summed E-state index contributed by atoms with van der Waals surface area (Å²) in [4.78, 5) is 12.3. The molecule has 19 heavy (non-hydrogen) atoms. The molecule has 106 valence electrons. The summed E-state index contributed by atoms with van der Waals surface area (Å²) in [5.41, 5.74) is 7.90. The van der Waals surface area contributed by atoms with E-state index < -0.39 is 5.41 Å². The van der Waals surface area contributed by atoms with Gasteiger partial charge in [-0.15, -0.1) is 0 Å². The lowest BCUT2D eigenvalue weighted by Crippen LogP contribution is -2.33. The van der Waals surface area contributed by atoms with Crippen LogP contribution in [0.4, 0.5) is 5.69 Å². The SMILES string of the molecule is COc1cc(C)cc(C)c1NC(=O)C(C)(C)CCN. The van der Waals surface area contributed by atoms with Crippen LogP contribution >= 0.6 is 0 Å². The topological polar surface area (TPSA) is 64.3 Å². The van der Waals surface area contributed by atoms with E-state index in [0.29, 0.717) is 18.7 Å². The molecule has 0 fully saturated rings. The minimum Gasteiger partial charge on any atom is -0.495 e. The monoisotopic (exact) mass is 264 g/mol. The first kappa shape index (κ1) is 15.5. The number of methoxy groups -OCH3 is 1. The molecular weight excluding hydrogens is 240 g/mol. The second kappa shape index (κ2) is 6.06. The molecule has 0 aromatic heterocycles. The molecule has 0 bridgehead atoms. The Morgan fingerprint density at radius 3 is 2.53 bits per heavy atom. The van der Waals surface area contributed by atoms with Crippen LogP contribution in [0.3, 0.4) is 0 Å². The maximum Gasteiger partial charge on any atom is 0.230 e. The number of anilines is 1. The molecule has 0 aliphatic carbocycles. The maximum absolute atomic E-state index is 12.3. The Labute approximate surface area is 115 Å². The average Bonchev–Trinajstić information content (AvgIpc) is 2.31. The van der Waals surface area contributed by atoms with Crippen molar-refractivity contribution < 1.29 is 9.53 Å². The van der Waals surface area contributed by atoms with Gasteiger partial charge in [0, 0.05) is 5.41 Å². The molecule has 0 atom stereocenters. The van der Waals surface area contributed by atoms with E-state index in [1.807, 2.05) is 39.8 Å². The lowest BCUT2D eigenvalue weighted by Gasteiger charge is -2.24. The van der Waals surface area contributed by atoms with Crippen LogP contribution < -0.4 is 15.8 Å². The van der Waals surface area contributed by atoms with E-state index in [2.05, 4.69) is 5.32 Å². The number of hydrogen-bond donors (Lipinski definition) is 2. The minimum absolute atomic E-state index is 0.0387. The van der Waals surface area contributed by atoms with Gasteiger partial charge in [-0.25, -0.2) is 0 Å². The Balaban J connectivity index is 3.03. The number of carbonyl (C=O) groups excluding carboxylic acids is 1. The number of amides is 1. The van der Waals surface area contributed by atoms with Crippen LogP contribution in [0.2, 0.25) is 0 Å². The van der Waals surface area contributed by atoms with Gasteiger partial charge < -0.3 is 15.8 Å². The number of benzene rings is 1. The summed E-state index contributed by atoms with van der Waals surface area (Å²) >= 11 is 0. The van der Waals surface area contributed by atoms with Crippen LogP contribution in [0.15, 0.2) is 12.1 Å². The summed E-state index contributed by atoms with van der Waals surface area (Å²) in [7, 11) is 1.61. The molecule has 0 aliphatic rings. The number of hydrogen-bond acceptors (Lipinski definition) is 3. The number of ether oxygens (including phenoxy) is 1. The van der Waals surface area contributed by atoms with E-state index in [9.17, 15) is 4.79 Å². The van der Waals surface area contributed by atoms with E-state index in [1.165, 1.54) is 0 Å². The van der Waals surface area contributed by atoms with Crippen molar-refractivity contribution in [1.82, 2.24) is 0 Å². The van der Waals surface area contributed by atoms with Gasteiger partial charge in [-0.05, 0) is 44.0 Å². The normalized spacial score (nSPS) is 11.3. The Morgan fingerprint density at radius 2 is 2.00 bits per heavy atom. The molecule has 1 aromatic rings. The van der Waals surface area contributed by atoms with Gasteiger partial charge in [-0.1, -0.05) is 19.9 Å². The predicted octanol–water partition coefficient (Wildman–Crippen LogP) is 2.63. The zero-order valence-corrected chi connectivity index (χ0v) is 12.5. The summed E-state index contributed by atoms with van der Waals surface area (Å²) in [6, 6.07) is 3.94. The molecule has 0 unspecified atom stereocenters. The fraction of sp³-hybridized carbons (Fsp3) is 0.533. The van der Waals surface area contributed by atoms with E-state index in [0.717, 1.165) is 16.8 Å². The summed E-state index contributed by atoms with van der Waals surface area (Å²) in [6.45, 7) is 8.24. The third kappa shape index (κ3) is 3.70. The number of nitrogens with one attached hydrogen (secondary N) is 1. The molecule has 0 saturated heterocycles. The van der Waals surface area contributed by atoms with E-state index in [4.69, 9.17) is 10.5 Å². The van der Waals surface area contributed by atoms with Gasteiger partial charge in [0.1, 0.15) is 5.75 Å². The van der Waals surface area contributed by atoms with Crippen LogP contribution in [0.25, 0.3) is 0 Å². The smallest absolute Gasteiger partial charge is 0.230 e. The first-order chi connectivity index (χ1) is 8.81. The molecule has 0 saturated carbocycles. The second-order valence-corrected chi connectivity index (χ2v) is 5.54. The van der Waals surface area contributed by atoms with Gasteiger partial charge in [0.15, 0.2) is 0 Å². The Kier molecular flexibility index (Phi) is 4.95. The van der Waals surface area contributed by atoms with Crippen LogP contribution in [0.5, 0.6) is 5.75 Å². The predicted molar refractivity (Wildman–Crippen MR) is 78.6 cm³/mol. The highest BCUT2D eigenvalue weighted by atomic mass is 16.5. The highest BCUT2D eigenvalue weighted by Gasteiger charge is 2.27. The minimum atomic E-state index is -0.489. The Bertz CT molecular complexity index is 467. The lowest BCUT2D eigenvalue weighted by molar-refractivity contribution is -0.124. The van der Waals surface area contributed by atoms with Crippen molar-refractivity contribution in [3.05, 3.63) is 23.3 Å². The van der Waals surface area contributed by atoms with Crippen molar-refractivity contribution >= 4 is 11.6 Å². The third-order valence-electron chi connectivity index (χ3n) is 3.29. The van der Waals surface area contributed by atoms with Gasteiger partial charge in [0.2, 0.25) is 5.91 Å². The van der Waals surface area contributed by atoms with E-state index in [1.54, 1.807) is 7.11 Å². The number of aryl methyl sites for hydroxylation is 2. The summed E-state index contributed by atoms with van der Waals surface area (Å²) in [5.74, 6) is 0.651. The highest BCUT2D eigenvalue weighted by molar-refractivity contribution is 5.96. The summed E-state index contributed by atoms with van der Waals surface area (Å²) in [5, 5.41) is 2.96. The second-order valence-electron chi connectivity index (χ2n) is 5.54. The van der Waals surface area contributed by atoms with Gasteiger partial charge in [-0.2, -0.15) is 0 Å². The van der Waals surface area contributed by atoms with Crippen LogP contribution in [0, 0.1) is 19.3 Å². The Morgan fingerprint density at radius 1 is 1.37 bits per heavy atom. The van der Waals surface area contributed by atoms with Crippen molar-refractivity contribution in [2.24, 2.45) is 11.1 Å². The van der Waals surface area contributed by atoms with E-state index >= 15 is 0 Å². The average molecular weight is 264 g/mol. The van der Waals surface area contributed by atoms with Crippen LogP contribution in [-0.2, 0) is 4.79 Å². The molecule has 3 N–H and O–H groups in total. The molecule has 0 heterocycles. The zero-order valence-electron chi connectivity index (χ0n) is 12.5. The quantitative estimate of drug-likeness (QED) is 0.859. The van der Waals surface area contributed by atoms with Gasteiger partial charge >= 0.3 is 0 Å². The molecule has 1 aromatic carbocycles. The van der Waals surface area contributed by atoms with Gasteiger partial charge in [0.05, 0.1) is 12.8 Å². The van der Waals surface area contributed by atoms with Crippen LogP contribution in [0.1, 0.15) is 31.4 Å². The third-order valence-corrected chi connectivity index (χ3v) is 3.29. The van der Waals surface area contributed by atoms with Crippen molar-refractivity contribution in [3.63, 3.8) is 0 Å². The van der Waals surface area contributed by atoms with Gasteiger partial charge in [0.25, 0.3) is 0 Å². The first-order valence-corrected chi connectivity index (χ1v) is 6.48. The number of rotatable bonds is 5. The largest absolute Gasteiger partial charge is 0.495 e. The van der Waals surface area contributed by atoms with Crippen LogP contribution in [-0.4, -0.2) is 19.6 Å². The summed E-state index contributed by atoms with van der Waals surface area (Å²) in [6.07, 6.45) is 0.645. The first-order valence-electron chi connectivity index (χ1n) is 6.48. The fourth-order valence-electron chi connectivity index (χ4n) is 2.01. The molecule has 1 rings (SSSR count). The molecule has 4 heteroatoms. The number of carbonyl (C=O) groups is 1. The molecule has 0 radical (unpaired) electrons. The standard InChI is InChI=1S/C15H24N2O2/c1-10-8-11(2)13(12(9-10)19-5)17-14(18)15(3,4)6-7-16/h8-9H,6-7,16H2,1-5H3,(H,17,18). The zero-order chi connectivity index (χ0) is 14.6. The van der Waals surface area contributed by atoms with Gasteiger partial charge in [-0.3, -0.25) is 4.79 Å². The van der Waals surface area contributed by atoms with Crippen molar-refractivity contribution in [1.29, 1.82) is 0 Å². The molecule has 0 spiro atoms. The van der Waals surface area contributed by atoms with E-state index in [-0.39, 0.29) is 5.91 Å². The van der Waals surface area contributed by atoms with Crippen molar-refractivity contribution in [2.45, 2.75) is 34.1 Å². The number of nitrogens with two attached hydrogens (primary N) is 1. The molecule has 0 aliphatic heterocycles.